The molecule has 0 amide bonds. The molecule has 0 aliphatic rings. The molecule has 1 N–H and O–H groups in total. The van der Waals surface area contributed by atoms with Crippen LogP contribution in [0.1, 0.15) is 11.4 Å². The lowest BCUT2D eigenvalue weighted by molar-refractivity contribution is 0.612. The molecule has 0 saturated carbocycles. The molecule has 0 unspecified atom stereocenters. The Morgan fingerprint density at radius 2 is 2.19 bits per heavy atom. The molecule has 0 fully saturated rings. The van der Waals surface area contributed by atoms with Crippen LogP contribution in [0.15, 0.2) is 30.5 Å². The highest BCUT2D eigenvalue weighted by Crippen LogP contribution is 2.20. The molecule has 0 bridgehead atoms. The first kappa shape index (κ1) is 11.2. The van der Waals surface area contributed by atoms with Gasteiger partial charge in [0.25, 0.3) is 0 Å². The maximum atomic E-state index is 13.5. The highest BCUT2D eigenvalue weighted by atomic mass is 35.5. The first-order chi connectivity index (χ1) is 7.66. The van der Waals surface area contributed by atoms with E-state index in [0.717, 1.165) is 0 Å². The van der Waals surface area contributed by atoms with Gasteiger partial charge in [-0.2, -0.15) is 0 Å². The first-order valence-corrected chi connectivity index (χ1v) is 5.42. The Morgan fingerprint density at radius 1 is 1.38 bits per heavy atom. The second-order valence-corrected chi connectivity index (χ2v) is 4.10. The molecule has 0 atom stereocenters. The van der Waals surface area contributed by atoms with Gasteiger partial charge < -0.3 is 4.98 Å². The van der Waals surface area contributed by atoms with Gasteiger partial charge in [-0.1, -0.05) is 29.9 Å². The Kier molecular flexibility index (Phi) is 3.31. The maximum Gasteiger partial charge on any atom is 0.128 e. The Morgan fingerprint density at radius 3 is 2.88 bits per heavy atom. The molecule has 0 spiro atoms. The molecule has 2 rings (SSSR count). The van der Waals surface area contributed by atoms with E-state index < -0.39 is 0 Å². The topological polar surface area (TPSA) is 28.7 Å². The van der Waals surface area contributed by atoms with Crippen molar-refractivity contribution >= 4 is 23.8 Å². The zero-order valence-corrected chi connectivity index (χ0v) is 9.78. The van der Waals surface area contributed by atoms with Crippen LogP contribution in [-0.4, -0.2) is 9.97 Å². The van der Waals surface area contributed by atoms with Gasteiger partial charge in [0.05, 0.1) is 0 Å². The largest absolute Gasteiger partial charge is 0.335 e. The van der Waals surface area contributed by atoms with Crippen LogP contribution in [-0.2, 0) is 6.42 Å². The predicted molar refractivity (Wildman–Crippen MR) is 63.6 cm³/mol. The van der Waals surface area contributed by atoms with E-state index in [4.69, 9.17) is 23.8 Å². The summed E-state index contributed by atoms with van der Waals surface area (Å²) in [5, 5.41) is 0.393. The molecule has 0 radical (unpaired) electrons. The van der Waals surface area contributed by atoms with E-state index in [2.05, 4.69) is 9.97 Å². The summed E-state index contributed by atoms with van der Waals surface area (Å²) in [7, 11) is 0. The monoisotopic (exact) mass is 254 g/mol. The molecule has 0 aliphatic heterocycles. The Balaban J connectivity index is 2.38. The number of benzene rings is 1. The fraction of sp³-hybridized carbons (Fsp3) is 0.0909. The summed E-state index contributed by atoms with van der Waals surface area (Å²) < 4.78 is 14.1. The van der Waals surface area contributed by atoms with Crippen LogP contribution in [0.4, 0.5) is 4.39 Å². The Labute approximate surface area is 102 Å². The molecule has 1 aromatic heterocycles. The normalized spacial score (nSPS) is 10.4. The molecule has 82 valence electrons. The van der Waals surface area contributed by atoms with Crippen molar-refractivity contribution < 1.29 is 4.39 Å². The zero-order valence-electron chi connectivity index (χ0n) is 8.21. The van der Waals surface area contributed by atoms with Gasteiger partial charge in [-0.25, -0.2) is 9.37 Å². The van der Waals surface area contributed by atoms with E-state index in [1.165, 1.54) is 6.07 Å². The van der Waals surface area contributed by atoms with Crippen LogP contribution in [0, 0.1) is 10.5 Å². The summed E-state index contributed by atoms with van der Waals surface area (Å²) in [5.41, 5.74) is 0.425. The van der Waals surface area contributed by atoms with Crippen molar-refractivity contribution in [3.8, 4) is 0 Å². The molecule has 16 heavy (non-hydrogen) atoms. The van der Waals surface area contributed by atoms with Gasteiger partial charge in [-0.3, -0.25) is 0 Å². The van der Waals surface area contributed by atoms with E-state index in [1.54, 1.807) is 24.4 Å². The van der Waals surface area contributed by atoms with Crippen molar-refractivity contribution in [2.45, 2.75) is 6.42 Å². The summed E-state index contributed by atoms with van der Waals surface area (Å²) in [6.45, 7) is 0. The van der Waals surface area contributed by atoms with E-state index in [9.17, 15) is 4.39 Å². The van der Waals surface area contributed by atoms with Crippen LogP contribution < -0.4 is 0 Å². The zero-order chi connectivity index (χ0) is 11.5. The number of H-pyrrole nitrogens is 1. The number of nitrogens with one attached hydrogen (secondary N) is 1. The molecule has 2 nitrogen and oxygen atoms in total. The first-order valence-electron chi connectivity index (χ1n) is 4.64. The van der Waals surface area contributed by atoms with Gasteiger partial charge in [-0.15, -0.1) is 0 Å². The number of hydrogen-bond donors (Lipinski definition) is 1. The summed E-state index contributed by atoms with van der Waals surface area (Å²) >= 11 is 10.9. The molecule has 1 heterocycles. The lowest BCUT2D eigenvalue weighted by atomic mass is 10.1. The molecule has 0 aliphatic carbocycles. The molecular formula is C11H8ClFN2S. The Hall–Kier alpha value is -1.26. The lowest BCUT2D eigenvalue weighted by Gasteiger charge is -2.04. The minimum absolute atomic E-state index is 0.302. The molecule has 1 aromatic carbocycles. The van der Waals surface area contributed by atoms with Crippen LogP contribution >= 0.6 is 23.8 Å². The molecular weight excluding hydrogens is 247 g/mol. The number of rotatable bonds is 2. The lowest BCUT2D eigenvalue weighted by Crippen LogP contribution is -1.99. The molecule has 5 heteroatoms. The second-order valence-electron chi connectivity index (χ2n) is 3.26. The van der Waals surface area contributed by atoms with Gasteiger partial charge in [-0.05, 0) is 18.2 Å². The smallest absolute Gasteiger partial charge is 0.128 e. The van der Waals surface area contributed by atoms with Gasteiger partial charge >= 0.3 is 0 Å². The minimum atomic E-state index is -0.336. The fourth-order valence-electron chi connectivity index (χ4n) is 1.37. The number of aromatic amines is 1. The number of aromatic nitrogens is 2. The van der Waals surface area contributed by atoms with Crippen LogP contribution in [0.25, 0.3) is 0 Å². The van der Waals surface area contributed by atoms with E-state index in [0.29, 0.717) is 27.5 Å². The summed E-state index contributed by atoms with van der Waals surface area (Å²) in [6, 6.07) is 6.26. The van der Waals surface area contributed by atoms with E-state index in [1.807, 2.05) is 0 Å². The van der Waals surface area contributed by atoms with Crippen molar-refractivity contribution in [2.75, 3.05) is 0 Å². The highest BCUT2D eigenvalue weighted by Gasteiger charge is 2.08. The molecule has 2 aromatic rings. The average molecular weight is 255 g/mol. The predicted octanol–water partition coefficient (Wildman–Crippen LogP) is 3.52. The van der Waals surface area contributed by atoms with Crippen molar-refractivity contribution in [3.63, 3.8) is 0 Å². The van der Waals surface area contributed by atoms with E-state index in [-0.39, 0.29) is 5.82 Å². The van der Waals surface area contributed by atoms with Crippen LogP contribution in [0.2, 0.25) is 5.02 Å². The van der Waals surface area contributed by atoms with Gasteiger partial charge in [0.1, 0.15) is 16.3 Å². The van der Waals surface area contributed by atoms with Crippen molar-refractivity contribution in [2.24, 2.45) is 0 Å². The third-order valence-corrected chi connectivity index (χ3v) is 2.72. The fourth-order valence-corrected chi connectivity index (χ4v) is 1.78. The number of nitrogens with zero attached hydrogens (tertiary/aromatic N) is 1. The van der Waals surface area contributed by atoms with E-state index >= 15 is 0 Å². The van der Waals surface area contributed by atoms with Gasteiger partial charge in [0.15, 0.2) is 0 Å². The number of hydrogen-bond acceptors (Lipinski definition) is 2. The summed E-state index contributed by atoms with van der Waals surface area (Å²) in [5.74, 6) is 0.261. The average Bonchev–Trinajstić information content (AvgIpc) is 2.24. The Bertz CT molecular complexity index is 548. The third kappa shape index (κ3) is 2.46. The third-order valence-electron chi connectivity index (χ3n) is 2.13. The van der Waals surface area contributed by atoms with Gasteiger partial charge in [0.2, 0.25) is 0 Å². The standard InChI is InChI=1S/C11H8ClFN2S/c12-8-2-1-3-9(13)7(8)6-10-14-5-4-11(16)15-10/h1-5H,6H2,(H,14,15,16). The molecule has 0 saturated heterocycles. The van der Waals surface area contributed by atoms with Crippen LogP contribution in [0.3, 0.4) is 0 Å². The highest BCUT2D eigenvalue weighted by molar-refractivity contribution is 7.71. The minimum Gasteiger partial charge on any atom is -0.335 e. The van der Waals surface area contributed by atoms with Crippen LogP contribution in [0.5, 0.6) is 0 Å². The number of halogens is 2. The quantitative estimate of drug-likeness (QED) is 0.831. The maximum absolute atomic E-state index is 13.5. The second kappa shape index (κ2) is 4.72. The van der Waals surface area contributed by atoms with Crippen molar-refractivity contribution in [1.82, 2.24) is 9.97 Å². The summed E-state index contributed by atoms with van der Waals surface area (Å²) in [6.07, 6.45) is 1.89. The van der Waals surface area contributed by atoms with Gasteiger partial charge in [0, 0.05) is 23.2 Å². The van der Waals surface area contributed by atoms with Crippen molar-refractivity contribution in [1.29, 1.82) is 0 Å². The summed E-state index contributed by atoms with van der Waals surface area (Å²) in [4.78, 5) is 6.96. The van der Waals surface area contributed by atoms with Crippen molar-refractivity contribution in [3.05, 3.63) is 57.3 Å². The SMILES string of the molecule is Fc1cccc(Cl)c1Cc1nccc(=S)[nH]1.